The molecule has 2 atom stereocenters. The van der Waals surface area contributed by atoms with Crippen LogP contribution in [-0.4, -0.2) is 41.8 Å². The van der Waals surface area contributed by atoms with Gasteiger partial charge >= 0.3 is 0 Å². The summed E-state index contributed by atoms with van der Waals surface area (Å²) in [6.07, 6.45) is 9.86. The Morgan fingerprint density at radius 1 is 1.12 bits per heavy atom. The molecule has 0 amide bonds. The summed E-state index contributed by atoms with van der Waals surface area (Å²) in [6.45, 7) is 4.12. The second-order valence-electron chi connectivity index (χ2n) is 5.94. The molecular formula is C14H28N2O. The first-order chi connectivity index (χ1) is 8.24. The van der Waals surface area contributed by atoms with E-state index in [9.17, 15) is 5.11 Å². The summed E-state index contributed by atoms with van der Waals surface area (Å²) in [5, 5.41) is 10.4. The van der Waals surface area contributed by atoms with Gasteiger partial charge in [0.2, 0.25) is 0 Å². The van der Waals surface area contributed by atoms with E-state index in [2.05, 4.69) is 4.90 Å². The predicted molar refractivity (Wildman–Crippen MR) is 70.9 cm³/mol. The smallest absolute Gasteiger partial charge is 0.0797 e. The molecule has 2 aliphatic rings. The van der Waals surface area contributed by atoms with E-state index in [4.69, 9.17) is 5.73 Å². The Balaban J connectivity index is 1.76. The zero-order valence-corrected chi connectivity index (χ0v) is 11.0. The van der Waals surface area contributed by atoms with Crippen LogP contribution in [0.2, 0.25) is 0 Å². The van der Waals surface area contributed by atoms with Gasteiger partial charge in [-0.05, 0) is 57.7 Å². The van der Waals surface area contributed by atoms with Crippen molar-refractivity contribution in [3.05, 3.63) is 0 Å². The van der Waals surface area contributed by atoms with Crippen LogP contribution < -0.4 is 5.73 Å². The fraction of sp³-hybridized carbons (Fsp3) is 1.00. The number of likely N-dealkylation sites (tertiary alicyclic amines) is 1. The van der Waals surface area contributed by atoms with Crippen LogP contribution in [-0.2, 0) is 0 Å². The maximum Gasteiger partial charge on any atom is 0.0797 e. The van der Waals surface area contributed by atoms with E-state index in [0.717, 1.165) is 25.8 Å². The van der Waals surface area contributed by atoms with Crippen molar-refractivity contribution in [3.8, 4) is 0 Å². The summed E-state index contributed by atoms with van der Waals surface area (Å²) in [6, 6.07) is 0. The summed E-state index contributed by atoms with van der Waals surface area (Å²) in [5.41, 5.74) is 5.18. The molecule has 0 aromatic heterocycles. The van der Waals surface area contributed by atoms with Crippen molar-refractivity contribution in [1.82, 2.24) is 4.90 Å². The summed E-state index contributed by atoms with van der Waals surface area (Å²) in [7, 11) is 0. The van der Waals surface area contributed by atoms with Gasteiger partial charge in [-0.25, -0.2) is 0 Å². The van der Waals surface area contributed by atoms with Crippen molar-refractivity contribution in [2.24, 2.45) is 11.7 Å². The molecule has 1 saturated carbocycles. The fourth-order valence-electron chi connectivity index (χ4n) is 3.51. The van der Waals surface area contributed by atoms with Crippen LogP contribution in [0, 0.1) is 5.92 Å². The third kappa shape index (κ3) is 3.43. The molecule has 3 heteroatoms. The zero-order valence-electron chi connectivity index (χ0n) is 11.0. The van der Waals surface area contributed by atoms with Crippen LogP contribution in [0.25, 0.3) is 0 Å². The van der Waals surface area contributed by atoms with Crippen molar-refractivity contribution >= 4 is 0 Å². The van der Waals surface area contributed by atoms with E-state index in [1.54, 1.807) is 0 Å². The maximum atomic E-state index is 10.4. The molecule has 100 valence electrons. The van der Waals surface area contributed by atoms with E-state index in [1.807, 2.05) is 0 Å². The number of hydrogen-bond donors (Lipinski definition) is 2. The topological polar surface area (TPSA) is 49.5 Å². The third-order valence-electron chi connectivity index (χ3n) is 4.77. The molecule has 2 unspecified atom stereocenters. The summed E-state index contributed by atoms with van der Waals surface area (Å²) >= 11 is 0. The molecule has 1 heterocycles. The Morgan fingerprint density at radius 3 is 2.47 bits per heavy atom. The van der Waals surface area contributed by atoms with Gasteiger partial charge in [0.05, 0.1) is 5.60 Å². The maximum absolute atomic E-state index is 10.4. The fourth-order valence-corrected chi connectivity index (χ4v) is 3.51. The van der Waals surface area contributed by atoms with Crippen molar-refractivity contribution < 1.29 is 5.11 Å². The van der Waals surface area contributed by atoms with Gasteiger partial charge in [0.15, 0.2) is 0 Å². The largest absolute Gasteiger partial charge is 0.388 e. The van der Waals surface area contributed by atoms with Crippen molar-refractivity contribution in [2.45, 2.75) is 57.0 Å². The first kappa shape index (κ1) is 13.3. The molecule has 0 aromatic rings. The molecule has 2 fully saturated rings. The lowest BCUT2D eigenvalue weighted by Crippen LogP contribution is -2.42. The first-order valence-electron chi connectivity index (χ1n) is 7.39. The molecule has 3 N–H and O–H groups in total. The molecule has 0 radical (unpaired) electrons. The van der Waals surface area contributed by atoms with Gasteiger partial charge < -0.3 is 15.7 Å². The second-order valence-corrected chi connectivity index (χ2v) is 5.94. The van der Waals surface area contributed by atoms with Gasteiger partial charge in [-0.2, -0.15) is 0 Å². The SMILES string of the molecule is NCC1(O)CCCC1CCN1CCCCCC1. The van der Waals surface area contributed by atoms with Gasteiger partial charge in [0.1, 0.15) is 0 Å². The first-order valence-corrected chi connectivity index (χ1v) is 7.39. The normalized spacial score (nSPS) is 36.0. The van der Waals surface area contributed by atoms with E-state index in [0.29, 0.717) is 12.5 Å². The highest BCUT2D eigenvalue weighted by atomic mass is 16.3. The van der Waals surface area contributed by atoms with Crippen LogP contribution in [0.3, 0.4) is 0 Å². The number of nitrogens with zero attached hydrogens (tertiary/aromatic N) is 1. The summed E-state index contributed by atoms with van der Waals surface area (Å²) in [4.78, 5) is 2.59. The second kappa shape index (κ2) is 6.17. The molecule has 17 heavy (non-hydrogen) atoms. The van der Waals surface area contributed by atoms with E-state index in [-0.39, 0.29) is 0 Å². The molecule has 3 nitrogen and oxygen atoms in total. The number of aliphatic hydroxyl groups is 1. The number of nitrogens with two attached hydrogens (primary N) is 1. The van der Waals surface area contributed by atoms with Crippen LogP contribution in [0.4, 0.5) is 0 Å². The predicted octanol–water partition coefficient (Wildman–Crippen LogP) is 1.74. The Labute approximate surface area is 105 Å². The molecular weight excluding hydrogens is 212 g/mol. The Hall–Kier alpha value is -0.120. The van der Waals surface area contributed by atoms with Crippen molar-refractivity contribution in [3.63, 3.8) is 0 Å². The molecule has 1 saturated heterocycles. The average Bonchev–Trinajstić information content (AvgIpc) is 2.55. The van der Waals surface area contributed by atoms with Gasteiger partial charge in [0, 0.05) is 6.54 Å². The van der Waals surface area contributed by atoms with Crippen LogP contribution in [0.15, 0.2) is 0 Å². The zero-order chi connectivity index (χ0) is 12.1. The van der Waals surface area contributed by atoms with E-state index >= 15 is 0 Å². The van der Waals surface area contributed by atoms with Gasteiger partial charge in [-0.15, -0.1) is 0 Å². The average molecular weight is 240 g/mol. The van der Waals surface area contributed by atoms with Gasteiger partial charge in [0.25, 0.3) is 0 Å². The summed E-state index contributed by atoms with van der Waals surface area (Å²) < 4.78 is 0. The monoisotopic (exact) mass is 240 g/mol. The molecule has 0 aromatic carbocycles. The highest BCUT2D eigenvalue weighted by Gasteiger charge is 2.39. The van der Waals surface area contributed by atoms with Gasteiger partial charge in [-0.1, -0.05) is 19.3 Å². The minimum Gasteiger partial charge on any atom is -0.388 e. The Bertz CT molecular complexity index is 226. The van der Waals surface area contributed by atoms with E-state index < -0.39 is 5.60 Å². The van der Waals surface area contributed by atoms with Crippen LogP contribution >= 0.6 is 0 Å². The third-order valence-corrected chi connectivity index (χ3v) is 4.77. The van der Waals surface area contributed by atoms with Crippen molar-refractivity contribution in [2.75, 3.05) is 26.2 Å². The lowest BCUT2D eigenvalue weighted by molar-refractivity contribution is 0.00467. The standard InChI is InChI=1S/C14H28N2O/c15-12-14(17)8-5-6-13(14)7-11-16-9-3-1-2-4-10-16/h13,17H,1-12,15H2. The summed E-state index contributed by atoms with van der Waals surface area (Å²) in [5.74, 6) is 0.441. The highest BCUT2D eigenvalue weighted by Crippen LogP contribution is 2.37. The Morgan fingerprint density at radius 2 is 1.82 bits per heavy atom. The molecule has 2 rings (SSSR count). The number of rotatable bonds is 4. The molecule has 0 spiro atoms. The van der Waals surface area contributed by atoms with E-state index in [1.165, 1.54) is 45.2 Å². The minimum atomic E-state index is -0.550. The lowest BCUT2D eigenvalue weighted by atomic mass is 9.88. The number of hydrogen-bond acceptors (Lipinski definition) is 3. The van der Waals surface area contributed by atoms with Crippen LogP contribution in [0.1, 0.15) is 51.4 Å². The Kier molecular flexibility index (Phi) is 4.83. The quantitative estimate of drug-likeness (QED) is 0.787. The van der Waals surface area contributed by atoms with Gasteiger partial charge in [-0.3, -0.25) is 0 Å². The molecule has 0 bridgehead atoms. The minimum absolute atomic E-state index is 0.441. The van der Waals surface area contributed by atoms with Crippen LogP contribution in [0.5, 0.6) is 0 Å². The molecule has 1 aliphatic carbocycles. The van der Waals surface area contributed by atoms with Crippen molar-refractivity contribution in [1.29, 1.82) is 0 Å². The molecule has 1 aliphatic heterocycles. The highest BCUT2D eigenvalue weighted by molar-refractivity contribution is 4.93. The lowest BCUT2D eigenvalue weighted by Gasteiger charge is -2.30.